The highest BCUT2D eigenvalue weighted by Crippen LogP contribution is 2.30. The first-order valence-corrected chi connectivity index (χ1v) is 8.16. The molecule has 0 radical (unpaired) electrons. The molecule has 0 aliphatic rings. The topological polar surface area (TPSA) is 81.4 Å². The summed E-state index contributed by atoms with van der Waals surface area (Å²) in [5.41, 5.74) is 4.70. The molecule has 0 heterocycles. The molecule has 0 spiro atoms. The smallest absolute Gasteiger partial charge is 0.404 e. The Labute approximate surface area is 127 Å². The Balaban J connectivity index is 3.24. The van der Waals surface area contributed by atoms with Crippen molar-refractivity contribution >= 4 is 10.0 Å². The van der Waals surface area contributed by atoms with Gasteiger partial charge >= 0.3 is 6.36 Å². The number of halogens is 3. The summed E-state index contributed by atoms with van der Waals surface area (Å²) in [5, 5.41) is 0. The van der Waals surface area contributed by atoms with Crippen LogP contribution >= 0.6 is 0 Å². The molecular formula is C13H19F3N2O3S. The number of para-hydroxylation sites is 1. The predicted octanol–water partition coefficient (Wildman–Crippen LogP) is 2.38. The van der Waals surface area contributed by atoms with Gasteiger partial charge in [-0.3, -0.25) is 0 Å². The van der Waals surface area contributed by atoms with Crippen molar-refractivity contribution in [2.24, 2.45) is 5.73 Å². The van der Waals surface area contributed by atoms with Gasteiger partial charge in [-0.25, -0.2) is 13.1 Å². The summed E-state index contributed by atoms with van der Waals surface area (Å²) in [5.74, 6) is -0.777. The van der Waals surface area contributed by atoms with Crippen LogP contribution in [0, 0.1) is 0 Å². The summed E-state index contributed by atoms with van der Waals surface area (Å²) >= 11 is 0. The highest BCUT2D eigenvalue weighted by molar-refractivity contribution is 7.89. The van der Waals surface area contributed by atoms with Crippen molar-refractivity contribution in [3.63, 3.8) is 0 Å². The van der Waals surface area contributed by atoms with Gasteiger partial charge in [-0.2, -0.15) is 0 Å². The van der Waals surface area contributed by atoms with Crippen molar-refractivity contribution in [3.05, 3.63) is 24.3 Å². The minimum Gasteiger partial charge on any atom is -0.404 e. The van der Waals surface area contributed by atoms with Crippen LogP contribution < -0.4 is 15.2 Å². The van der Waals surface area contributed by atoms with Gasteiger partial charge in [-0.05, 0) is 25.0 Å². The Bertz CT molecular complexity index is 591. The maximum atomic E-state index is 12.4. The number of nitrogens with one attached hydrogen (secondary N) is 1. The van der Waals surface area contributed by atoms with Crippen molar-refractivity contribution in [2.45, 2.75) is 43.5 Å². The van der Waals surface area contributed by atoms with E-state index >= 15 is 0 Å². The lowest BCUT2D eigenvalue weighted by atomic mass is 9.95. The van der Waals surface area contributed by atoms with Gasteiger partial charge in [0.15, 0.2) is 0 Å². The molecule has 0 bridgehead atoms. The number of hydrogen-bond acceptors (Lipinski definition) is 4. The lowest BCUT2D eigenvalue weighted by molar-refractivity contribution is -0.275. The largest absolute Gasteiger partial charge is 0.573 e. The van der Waals surface area contributed by atoms with Crippen LogP contribution in [-0.4, -0.2) is 26.9 Å². The molecule has 0 saturated heterocycles. The fourth-order valence-corrected chi connectivity index (χ4v) is 3.63. The lowest BCUT2D eigenvalue weighted by Gasteiger charge is -2.31. The second-order valence-corrected chi connectivity index (χ2v) is 6.44. The average Bonchev–Trinajstić information content (AvgIpc) is 2.43. The highest BCUT2D eigenvalue weighted by atomic mass is 32.2. The van der Waals surface area contributed by atoms with Crippen LogP contribution in [-0.2, 0) is 10.0 Å². The summed E-state index contributed by atoms with van der Waals surface area (Å²) in [7, 11) is -4.21. The maximum absolute atomic E-state index is 12.4. The van der Waals surface area contributed by atoms with Crippen LogP contribution in [0.4, 0.5) is 13.2 Å². The van der Waals surface area contributed by atoms with Gasteiger partial charge in [-0.15, -0.1) is 13.2 Å². The van der Waals surface area contributed by atoms with Crippen LogP contribution in [0.15, 0.2) is 29.2 Å². The van der Waals surface area contributed by atoms with E-state index in [-0.39, 0.29) is 6.54 Å². The Morgan fingerprint density at radius 1 is 1.18 bits per heavy atom. The molecule has 0 aliphatic carbocycles. The minimum atomic E-state index is -4.98. The number of sulfonamides is 1. The standard InChI is InChI=1S/C13H19F3N2O3S/c1-3-12(4-2,9-17)18-22(19,20)11-8-6-5-7-10(11)21-13(14,15)16/h5-8,18H,3-4,9,17H2,1-2H3. The van der Waals surface area contributed by atoms with E-state index in [0.717, 1.165) is 12.1 Å². The number of nitrogens with two attached hydrogens (primary N) is 1. The monoisotopic (exact) mass is 340 g/mol. The van der Waals surface area contributed by atoms with Gasteiger partial charge in [-0.1, -0.05) is 26.0 Å². The van der Waals surface area contributed by atoms with E-state index < -0.39 is 32.6 Å². The van der Waals surface area contributed by atoms with Gasteiger partial charge in [0.05, 0.1) is 0 Å². The summed E-state index contributed by atoms with van der Waals surface area (Å²) in [6.07, 6.45) is -4.17. The second kappa shape index (κ2) is 6.84. The van der Waals surface area contributed by atoms with Crippen LogP contribution in [0.1, 0.15) is 26.7 Å². The molecule has 126 valence electrons. The Hall–Kier alpha value is -1.32. The number of benzene rings is 1. The lowest BCUT2D eigenvalue weighted by Crippen LogP contribution is -2.52. The predicted molar refractivity (Wildman–Crippen MR) is 75.8 cm³/mol. The van der Waals surface area contributed by atoms with Gasteiger partial charge in [0.1, 0.15) is 10.6 Å². The van der Waals surface area contributed by atoms with E-state index in [9.17, 15) is 21.6 Å². The summed E-state index contributed by atoms with van der Waals surface area (Å²) in [6, 6.07) is 4.58. The third-order valence-electron chi connectivity index (χ3n) is 3.46. The molecule has 1 aromatic carbocycles. The van der Waals surface area contributed by atoms with E-state index in [2.05, 4.69) is 9.46 Å². The number of hydrogen-bond donors (Lipinski definition) is 2. The first-order chi connectivity index (χ1) is 10.1. The SMILES string of the molecule is CCC(CC)(CN)NS(=O)(=O)c1ccccc1OC(F)(F)F. The Kier molecular flexibility index (Phi) is 5.82. The zero-order valence-corrected chi connectivity index (χ0v) is 13.1. The molecule has 22 heavy (non-hydrogen) atoms. The van der Waals surface area contributed by atoms with Crippen LogP contribution in [0.2, 0.25) is 0 Å². The number of rotatable bonds is 7. The van der Waals surface area contributed by atoms with Crippen LogP contribution in [0.5, 0.6) is 5.75 Å². The third kappa shape index (κ3) is 4.59. The van der Waals surface area contributed by atoms with Crippen LogP contribution in [0.25, 0.3) is 0 Å². The third-order valence-corrected chi connectivity index (χ3v) is 5.08. The van der Waals surface area contributed by atoms with E-state index in [1.165, 1.54) is 12.1 Å². The normalized spacial score (nSPS) is 13.2. The number of ether oxygens (including phenoxy) is 1. The molecule has 9 heteroatoms. The Morgan fingerprint density at radius 3 is 2.18 bits per heavy atom. The summed E-state index contributed by atoms with van der Waals surface area (Å²) in [4.78, 5) is -0.577. The molecule has 0 saturated carbocycles. The van der Waals surface area contributed by atoms with E-state index in [1.807, 2.05) is 0 Å². The molecule has 0 aliphatic heterocycles. The highest BCUT2D eigenvalue weighted by Gasteiger charge is 2.36. The molecule has 0 fully saturated rings. The first kappa shape index (κ1) is 18.7. The fourth-order valence-electron chi connectivity index (χ4n) is 1.95. The molecule has 1 aromatic rings. The zero-order valence-electron chi connectivity index (χ0n) is 12.3. The molecule has 5 nitrogen and oxygen atoms in total. The van der Waals surface area contributed by atoms with Crippen molar-refractivity contribution in [1.82, 2.24) is 4.72 Å². The second-order valence-electron chi connectivity index (χ2n) is 4.79. The van der Waals surface area contributed by atoms with E-state index in [4.69, 9.17) is 5.73 Å². The number of alkyl halides is 3. The zero-order chi connectivity index (χ0) is 17.0. The maximum Gasteiger partial charge on any atom is 0.573 e. The average molecular weight is 340 g/mol. The molecule has 1 rings (SSSR count). The van der Waals surface area contributed by atoms with Gasteiger partial charge < -0.3 is 10.5 Å². The first-order valence-electron chi connectivity index (χ1n) is 6.68. The van der Waals surface area contributed by atoms with Crippen molar-refractivity contribution in [2.75, 3.05) is 6.54 Å². The van der Waals surface area contributed by atoms with Crippen molar-refractivity contribution in [1.29, 1.82) is 0 Å². The van der Waals surface area contributed by atoms with Crippen LogP contribution in [0.3, 0.4) is 0 Å². The van der Waals surface area contributed by atoms with Crippen molar-refractivity contribution < 1.29 is 26.3 Å². The Morgan fingerprint density at radius 2 is 1.73 bits per heavy atom. The fraction of sp³-hybridized carbons (Fsp3) is 0.538. The molecule has 0 amide bonds. The molecule has 3 N–H and O–H groups in total. The quantitative estimate of drug-likeness (QED) is 0.798. The van der Waals surface area contributed by atoms with Gasteiger partial charge in [0, 0.05) is 12.1 Å². The molecule has 0 atom stereocenters. The van der Waals surface area contributed by atoms with Crippen molar-refractivity contribution in [3.8, 4) is 5.75 Å². The van der Waals surface area contributed by atoms with E-state index in [1.54, 1.807) is 13.8 Å². The summed E-state index contributed by atoms with van der Waals surface area (Å²) in [6.45, 7) is 3.52. The van der Waals surface area contributed by atoms with Gasteiger partial charge in [0.2, 0.25) is 10.0 Å². The minimum absolute atomic E-state index is 0.0293. The molecule has 0 unspecified atom stereocenters. The molecular weight excluding hydrogens is 321 g/mol. The van der Waals surface area contributed by atoms with E-state index in [0.29, 0.717) is 12.8 Å². The van der Waals surface area contributed by atoms with Gasteiger partial charge in [0.25, 0.3) is 0 Å². The summed E-state index contributed by atoms with van der Waals surface area (Å²) < 4.78 is 68.2. The molecule has 0 aromatic heterocycles.